The van der Waals surface area contributed by atoms with Gasteiger partial charge in [-0.2, -0.15) is 0 Å². The predicted octanol–water partition coefficient (Wildman–Crippen LogP) is 3.56. The van der Waals surface area contributed by atoms with E-state index in [1.807, 2.05) is 18.2 Å². The lowest BCUT2D eigenvalue weighted by atomic mass is 10.0. The van der Waals surface area contributed by atoms with Gasteiger partial charge in [0.15, 0.2) is 0 Å². The number of amides is 2. The minimum absolute atomic E-state index is 0.0624. The topological polar surface area (TPSA) is 116 Å². The van der Waals surface area contributed by atoms with Crippen LogP contribution in [0.5, 0.6) is 0 Å². The number of rotatable bonds is 7. The van der Waals surface area contributed by atoms with Gasteiger partial charge in [0.25, 0.3) is 0 Å². The second-order valence-electron chi connectivity index (χ2n) is 8.05. The summed E-state index contributed by atoms with van der Waals surface area (Å²) >= 11 is 4.67. The fourth-order valence-corrected chi connectivity index (χ4v) is 7.48. The molecule has 0 aliphatic carbocycles. The molecular weight excluding hydrogens is 540 g/mol. The highest BCUT2D eigenvalue weighted by Crippen LogP contribution is 2.36. The monoisotopic (exact) mass is 562 g/mol. The van der Waals surface area contributed by atoms with Crippen molar-refractivity contribution < 1.29 is 13.2 Å². The number of fused-ring (bicyclic) bond motifs is 1. The first-order valence-corrected chi connectivity index (χ1v) is 14.0. The molecule has 1 aromatic carbocycles. The van der Waals surface area contributed by atoms with Gasteiger partial charge in [0.2, 0.25) is 15.8 Å². The lowest BCUT2D eigenvalue weighted by molar-refractivity contribution is 0.219. The third kappa shape index (κ3) is 4.75. The summed E-state index contributed by atoms with van der Waals surface area (Å²) in [6.07, 6.45) is 2.85. The third-order valence-corrected chi connectivity index (χ3v) is 9.96. The number of sulfone groups is 1. The standard InChI is InChI=1S/C22H23BrN6O3S2/c23-15-2-3-16-14(13-15)1-5-19(27-16)34(31,32)20-6-4-18(33-20)17-7-8-24-21(28-17)25-9-11-29-12-10-26-22(29)30/h2-4,6-8,13,19,27H,1,5,9-12H2,(H,26,30)(H,24,25,28). The predicted molar refractivity (Wildman–Crippen MR) is 136 cm³/mol. The number of nitrogens with zero attached hydrogens (tertiary/aromatic N) is 3. The average Bonchev–Trinajstić information content (AvgIpc) is 3.49. The van der Waals surface area contributed by atoms with Gasteiger partial charge in [-0.1, -0.05) is 15.9 Å². The first-order valence-electron chi connectivity index (χ1n) is 10.9. The number of thiophene rings is 1. The van der Waals surface area contributed by atoms with Crippen LogP contribution in [0.4, 0.5) is 16.4 Å². The van der Waals surface area contributed by atoms with Crippen molar-refractivity contribution in [3.05, 3.63) is 52.6 Å². The Kier molecular flexibility index (Phi) is 6.45. The number of aromatic nitrogens is 2. The van der Waals surface area contributed by atoms with E-state index in [2.05, 4.69) is 41.8 Å². The Morgan fingerprint density at radius 2 is 2.12 bits per heavy atom. The summed E-state index contributed by atoms with van der Waals surface area (Å²) in [6, 6.07) is 11.0. The van der Waals surface area contributed by atoms with Crippen molar-refractivity contribution in [2.24, 2.45) is 0 Å². The molecule has 5 rings (SSSR count). The number of halogens is 1. The smallest absolute Gasteiger partial charge is 0.317 e. The molecule has 1 unspecified atom stereocenters. The zero-order valence-electron chi connectivity index (χ0n) is 18.1. The molecule has 1 saturated heterocycles. The van der Waals surface area contributed by atoms with Crippen molar-refractivity contribution in [1.29, 1.82) is 0 Å². The van der Waals surface area contributed by atoms with E-state index in [1.54, 1.807) is 29.3 Å². The van der Waals surface area contributed by atoms with Gasteiger partial charge < -0.3 is 20.9 Å². The summed E-state index contributed by atoms with van der Waals surface area (Å²) in [4.78, 5) is 22.9. The summed E-state index contributed by atoms with van der Waals surface area (Å²) in [5.41, 5.74) is 2.62. The largest absolute Gasteiger partial charge is 0.369 e. The van der Waals surface area contributed by atoms with Crippen molar-refractivity contribution in [2.75, 3.05) is 36.8 Å². The zero-order valence-corrected chi connectivity index (χ0v) is 21.3. The van der Waals surface area contributed by atoms with Crippen LogP contribution >= 0.6 is 27.3 Å². The summed E-state index contributed by atoms with van der Waals surface area (Å²) < 4.78 is 27.9. The molecule has 2 aromatic heterocycles. The van der Waals surface area contributed by atoms with Crippen molar-refractivity contribution in [1.82, 2.24) is 20.2 Å². The molecule has 0 spiro atoms. The van der Waals surface area contributed by atoms with Crippen molar-refractivity contribution in [3.63, 3.8) is 0 Å². The summed E-state index contributed by atoms with van der Waals surface area (Å²) in [5.74, 6) is 0.437. The minimum atomic E-state index is -3.55. The first kappa shape index (κ1) is 23.1. The Labute approximate surface area is 210 Å². The maximum Gasteiger partial charge on any atom is 0.317 e. The Balaban J connectivity index is 1.27. The molecule has 1 atom stereocenters. The maximum atomic E-state index is 13.3. The fourth-order valence-electron chi connectivity index (χ4n) is 4.03. The van der Waals surface area contributed by atoms with Crippen LogP contribution in [-0.2, 0) is 16.3 Å². The van der Waals surface area contributed by atoms with Gasteiger partial charge in [-0.25, -0.2) is 23.2 Å². The van der Waals surface area contributed by atoms with Crippen LogP contribution in [0.3, 0.4) is 0 Å². The van der Waals surface area contributed by atoms with Crippen LogP contribution in [-0.4, -0.2) is 60.9 Å². The Morgan fingerprint density at radius 1 is 1.24 bits per heavy atom. The van der Waals surface area contributed by atoms with Crippen LogP contribution in [0.1, 0.15) is 12.0 Å². The molecule has 4 heterocycles. The molecule has 3 aromatic rings. The fraction of sp³-hybridized carbons (Fsp3) is 0.318. The molecule has 0 bridgehead atoms. The van der Waals surface area contributed by atoms with Crippen molar-refractivity contribution >= 4 is 54.8 Å². The molecule has 3 N–H and O–H groups in total. The summed E-state index contributed by atoms with van der Waals surface area (Å²) in [7, 11) is -3.55. The van der Waals surface area contributed by atoms with E-state index in [0.717, 1.165) is 20.6 Å². The van der Waals surface area contributed by atoms with Crippen LogP contribution in [0.25, 0.3) is 10.6 Å². The number of anilines is 2. The zero-order chi connectivity index (χ0) is 23.7. The van der Waals surface area contributed by atoms with Gasteiger partial charge in [0, 0.05) is 42.5 Å². The minimum Gasteiger partial charge on any atom is -0.369 e. The van der Waals surface area contributed by atoms with Gasteiger partial charge >= 0.3 is 6.03 Å². The Morgan fingerprint density at radius 3 is 2.94 bits per heavy atom. The summed E-state index contributed by atoms with van der Waals surface area (Å²) in [5, 5.41) is 8.43. The lowest BCUT2D eigenvalue weighted by Gasteiger charge is -2.26. The van der Waals surface area contributed by atoms with Gasteiger partial charge in [-0.15, -0.1) is 11.3 Å². The van der Waals surface area contributed by atoms with Gasteiger partial charge in [-0.3, -0.25) is 0 Å². The van der Waals surface area contributed by atoms with E-state index in [9.17, 15) is 13.2 Å². The molecule has 178 valence electrons. The summed E-state index contributed by atoms with van der Waals surface area (Å²) in [6.45, 7) is 2.42. The average molecular weight is 564 g/mol. The number of urea groups is 1. The number of nitrogens with one attached hydrogen (secondary N) is 3. The van der Waals surface area contributed by atoms with E-state index in [0.29, 0.717) is 54.9 Å². The second-order valence-corrected chi connectivity index (χ2v) is 12.4. The SMILES string of the molecule is O=C1NCCN1CCNc1nccc(-c2ccc(S(=O)(=O)C3CCc4cc(Br)ccc4N3)s2)n1. The van der Waals surface area contributed by atoms with Crippen LogP contribution < -0.4 is 16.0 Å². The van der Waals surface area contributed by atoms with Crippen LogP contribution in [0, 0.1) is 0 Å². The molecule has 0 saturated carbocycles. The molecule has 9 nitrogen and oxygen atoms in total. The van der Waals surface area contributed by atoms with Crippen molar-refractivity contribution in [2.45, 2.75) is 22.4 Å². The highest BCUT2D eigenvalue weighted by Gasteiger charge is 2.32. The molecule has 12 heteroatoms. The van der Waals surface area contributed by atoms with Crippen LogP contribution in [0.2, 0.25) is 0 Å². The van der Waals surface area contributed by atoms with Crippen molar-refractivity contribution in [3.8, 4) is 10.6 Å². The molecule has 2 aliphatic rings. The van der Waals surface area contributed by atoms with Gasteiger partial charge in [0.1, 0.15) is 9.58 Å². The van der Waals surface area contributed by atoms with Gasteiger partial charge in [-0.05, 0) is 54.8 Å². The highest BCUT2D eigenvalue weighted by molar-refractivity contribution is 9.10. The second kappa shape index (κ2) is 9.51. The molecule has 2 amide bonds. The number of carbonyl (C=O) groups is 1. The van der Waals surface area contributed by atoms with E-state index < -0.39 is 15.2 Å². The number of carbonyl (C=O) groups excluding carboxylic acids is 1. The number of aryl methyl sites for hydroxylation is 1. The quantitative estimate of drug-likeness (QED) is 0.403. The highest BCUT2D eigenvalue weighted by atomic mass is 79.9. The molecule has 34 heavy (non-hydrogen) atoms. The van der Waals surface area contributed by atoms with E-state index in [-0.39, 0.29) is 6.03 Å². The third-order valence-electron chi connectivity index (χ3n) is 5.81. The molecule has 0 radical (unpaired) electrons. The lowest BCUT2D eigenvalue weighted by Crippen LogP contribution is -2.33. The molecular formula is C22H23BrN6O3S2. The maximum absolute atomic E-state index is 13.3. The van der Waals surface area contributed by atoms with E-state index in [4.69, 9.17) is 0 Å². The number of benzene rings is 1. The first-order chi connectivity index (χ1) is 16.4. The van der Waals surface area contributed by atoms with Crippen LogP contribution in [0.15, 0.2) is 51.3 Å². The Hall–Kier alpha value is -2.70. The molecule has 1 fully saturated rings. The van der Waals surface area contributed by atoms with E-state index >= 15 is 0 Å². The normalized spacial score (nSPS) is 17.7. The Bertz CT molecular complexity index is 1330. The molecule has 2 aliphatic heterocycles. The van der Waals surface area contributed by atoms with E-state index in [1.165, 1.54) is 11.3 Å². The number of hydrogen-bond donors (Lipinski definition) is 3. The van der Waals surface area contributed by atoms with Gasteiger partial charge in [0.05, 0.1) is 10.6 Å². The number of hydrogen-bond acceptors (Lipinski definition) is 8.